The number of hydrogen-bond donors (Lipinski definition) is 1. The van der Waals surface area contributed by atoms with Crippen molar-refractivity contribution in [2.75, 3.05) is 37.8 Å². The molecular formula is C12H17F2N3O. The second-order valence-electron chi connectivity index (χ2n) is 4.10. The first-order valence-electron chi connectivity index (χ1n) is 5.57. The molecule has 100 valence electrons. The zero-order valence-corrected chi connectivity index (χ0v) is 10.7. The van der Waals surface area contributed by atoms with E-state index in [9.17, 15) is 13.6 Å². The highest BCUT2D eigenvalue weighted by Gasteiger charge is 2.20. The van der Waals surface area contributed by atoms with Gasteiger partial charge in [-0.25, -0.2) is 8.78 Å². The molecule has 0 bridgehead atoms. The molecule has 0 saturated heterocycles. The molecule has 0 unspecified atom stereocenters. The second-order valence-corrected chi connectivity index (χ2v) is 4.10. The maximum Gasteiger partial charge on any atom is 0.241 e. The smallest absolute Gasteiger partial charge is 0.241 e. The van der Waals surface area contributed by atoms with Crippen LogP contribution in [0.4, 0.5) is 20.2 Å². The number of carbonyl (C=O) groups is 1. The van der Waals surface area contributed by atoms with Gasteiger partial charge in [0.15, 0.2) is 11.6 Å². The highest BCUT2D eigenvalue weighted by molar-refractivity contribution is 5.83. The van der Waals surface area contributed by atoms with Gasteiger partial charge in [-0.05, 0) is 19.1 Å². The molecule has 0 spiro atoms. The summed E-state index contributed by atoms with van der Waals surface area (Å²) < 4.78 is 26.9. The topological polar surface area (TPSA) is 49.6 Å². The van der Waals surface area contributed by atoms with Gasteiger partial charge in [0, 0.05) is 20.6 Å². The Kier molecular flexibility index (Phi) is 4.47. The Morgan fingerprint density at radius 3 is 2.44 bits per heavy atom. The van der Waals surface area contributed by atoms with Crippen LogP contribution in [0.5, 0.6) is 0 Å². The summed E-state index contributed by atoms with van der Waals surface area (Å²) in [5.74, 6) is -2.21. The van der Waals surface area contributed by atoms with Crippen LogP contribution in [-0.4, -0.2) is 38.0 Å². The van der Waals surface area contributed by atoms with Gasteiger partial charge in [0.1, 0.15) is 0 Å². The van der Waals surface area contributed by atoms with E-state index in [1.807, 2.05) is 0 Å². The van der Waals surface area contributed by atoms with Crippen LogP contribution in [0.1, 0.15) is 6.92 Å². The van der Waals surface area contributed by atoms with Crippen molar-refractivity contribution in [2.24, 2.45) is 0 Å². The first-order valence-corrected chi connectivity index (χ1v) is 5.57. The molecule has 1 aromatic rings. The number of hydrogen-bond acceptors (Lipinski definition) is 3. The van der Waals surface area contributed by atoms with Crippen LogP contribution in [0.15, 0.2) is 12.1 Å². The minimum atomic E-state index is -1.02. The summed E-state index contributed by atoms with van der Waals surface area (Å²) in [4.78, 5) is 14.4. The van der Waals surface area contributed by atoms with E-state index in [-0.39, 0.29) is 23.8 Å². The van der Waals surface area contributed by atoms with Gasteiger partial charge in [-0.15, -0.1) is 0 Å². The summed E-state index contributed by atoms with van der Waals surface area (Å²) in [6, 6.07) is 2.26. The summed E-state index contributed by atoms with van der Waals surface area (Å²) in [7, 11) is 3.20. The van der Waals surface area contributed by atoms with Crippen LogP contribution < -0.4 is 10.6 Å². The van der Waals surface area contributed by atoms with E-state index < -0.39 is 11.6 Å². The molecular weight excluding hydrogens is 240 g/mol. The predicted octanol–water partition coefficient (Wildman–Crippen LogP) is 1.46. The normalized spacial score (nSPS) is 10.3. The van der Waals surface area contributed by atoms with Crippen molar-refractivity contribution in [3.63, 3.8) is 0 Å². The molecule has 6 heteroatoms. The molecule has 18 heavy (non-hydrogen) atoms. The number of halogens is 2. The van der Waals surface area contributed by atoms with E-state index in [1.165, 1.54) is 15.9 Å². The van der Waals surface area contributed by atoms with Crippen LogP contribution in [0.3, 0.4) is 0 Å². The Bertz CT molecular complexity index is 449. The third-order valence-corrected chi connectivity index (χ3v) is 2.62. The number of anilines is 2. The number of rotatable bonds is 4. The summed E-state index contributed by atoms with van der Waals surface area (Å²) >= 11 is 0. The number of amides is 1. The van der Waals surface area contributed by atoms with Gasteiger partial charge in [0.2, 0.25) is 5.91 Å². The van der Waals surface area contributed by atoms with Gasteiger partial charge >= 0.3 is 0 Å². The second kappa shape index (κ2) is 5.66. The minimum absolute atomic E-state index is 0.0475. The molecule has 0 aliphatic heterocycles. The monoisotopic (exact) mass is 257 g/mol. The Hall–Kier alpha value is -1.85. The van der Waals surface area contributed by atoms with Crippen LogP contribution in [0, 0.1) is 11.6 Å². The standard InChI is InChI=1S/C12H17F2N3O/c1-4-17(7-10(18)16(2)3)12-9(15)6-5-8(13)11(12)14/h5-6H,4,7,15H2,1-3H3. The van der Waals surface area contributed by atoms with E-state index >= 15 is 0 Å². The van der Waals surface area contributed by atoms with Crippen molar-refractivity contribution < 1.29 is 13.6 Å². The van der Waals surface area contributed by atoms with Gasteiger partial charge in [-0.2, -0.15) is 0 Å². The molecule has 0 radical (unpaired) electrons. The molecule has 4 nitrogen and oxygen atoms in total. The summed E-state index contributed by atoms with van der Waals surface area (Å²) in [6.07, 6.45) is 0. The third-order valence-electron chi connectivity index (χ3n) is 2.62. The van der Waals surface area contributed by atoms with Gasteiger partial charge in [-0.1, -0.05) is 0 Å². The lowest BCUT2D eigenvalue weighted by atomic mass is 10.2. The van der Waals surface area contributed by atoms with E-state index in [1.54, 1.807) is 21.0 Å². The lowest BCUT2D eigenvalue weighted by Crippen LogP contribution is -2.37. The van der Waals surface area contributed by atoms with Crippen molar-refractivity contribution in [1.82, 2.24) is 4.90 Å². The molecule has 1 aromatic carbocycles. The van der Waals surface area contributed by atoms with Crippen LogP contribution in [0.2, 0.25) is 0 Å². The summed E-state index contributed by atoms with van der Waals surface area (Å²) in [5, 5.41) is 0. The zero-order valence-electron chi connectivity index (χ0n) is 10.7. The summed E-state index contributed by atoms with van der Waals surface area (Å²) in [6.45, 7) is 2.05. The largest absolute Gasteiger partial charge is 0.397 e. The van der Waals surface area contributed by atoms with E-state index in [0.717, 1.165) is 6.07 Å². The van der Waals surface area contributed by atoms with Crippen molar-refractivity contribution >= 4 is 17.3 Å². The SMILES string of the molecule is CCN(CC(=O)N(C)C)c1c(N)ccc(F)c1F. The van der Waals surface area contributed by atoms with Crippen molar-refractivity contribution in [1.29, 1.82) is 0 Å². The Balaban J connectivity index is 3.09. The Morgan fingerprint density at radius 2 is 1.94 bits per heavy atom. The first kappa shape index (κ1) is 14.2. The van der Waals surface area contributed by atoms with Crippen LogP contribution >= 0.6 is 0 Å². The maximum atomic E-state index is 13.7. The Morgan fingerprint density at radius 1 is 1.33 bits per heavy atom. The number of nitrogens with zero attached hydrogens (tertiary/aromatic N) is 2. The van der Waals surface area contributed by atoms with Gasteiger partial charge in [0.25, 0.3) is 0 Å². The average molecular weight is 257 g/mol. The van der Waals surface area contributed by atoms with Gasteiger partial charge in [-0.3, -0.25) is 4.79 Å². The minimum Gasteiger partial charge on any atom is -0.397 e. The van der Waals surface area contributed by atoms with Crippen molar-refractivity contribution in [3.05, 3.63) is 23.8 Å². The molecule has 0 heterocycles. The molecule has 0 aliphatic carbocycles. The molecule has 0 aliphatic rings. The van der Waals surface area contributed by atoms with Crippen LogP contribution in [0.25, 0.3) is 0 Å². The van der Waals surface area contributed by atoms with Gasteiger partial charge < -0.3 is 15.5 Å². The molecule has 0 atom stereocenters. The van der Waals surface area contributed by atoms with Crippen molar-refractivity contribution in [3.8, 4) is 0 Å². The van der Waals surface area contributed by atoms with E-state index in [2.05, 4.69) is 0 Å². The molecule has 1 amide bonds. The predicted molar refractivity (Wildman–Crippen MR) is 67.4 cm³/mol. The maximum absolute atomic E-state index is 13.7. The number of nitrogens with two attached hydrogens (primary N) is 1. The van der Waals surface area contributed by atoms with E-state index in [4.69, 9.17) is 5.73 Å². The van der Waals surface area contributed by atoms with Crippen molar-refractivity contribution in [2.45, 2.75) is 6.92 Å². The third kappa shape index (κ3) is 2.88. The first-order chi connectivity index (χ1) is 8.38. The molecule has 1 rings (SSSR count). The fraction of sp³-hybridized carbons (Fsp3) is 0.417. The Labute approximate surface area is 105 Å². The highest BCUT2D eigenvalue weighted by atomic mass is 19.2. The lowest BCUT2D eigenvalue weighted by Gasteiger charge is -2.25. The molecule has 0 saturated carbocycles. The fourth-order valence-electron chi connectivity index (χ4n) is 1.53. The number of nitrogen functional groups attached to an aromatic ring is 1. The number of likely N-dealkylation sites (N-methyl/N-ethyl adjacent to an activating group) is 2. The van der Waals surface area contributed by atoms with Gasteiger partial charge in [0.05, 0.1) is 17.9 Å². The highest BCUT2D eigenvalue weighted by Crippen LogP contribution is 2.28. The van der Waals surface area contributed by atoms with E-state index in [0.29, 0.717) is 6.54 Å². The lowest BCUT2D eigenvalue weighted by molar-refractivity contribution is -0.127. The number of carbonyl (C=O) groups excluding carboxylic acids is 1. The average Bonchev–Trinajstić information content (AvgIpc) is 2.32. The summed E-state index contributed by atoms with van der Waals surface area (Å²) in [5.41, 5.74) is 5.70. The number of benzene rings is 1. The fourth-order valence-corrected chi connectivity index (χ4v) is 1.53. The molecule has 2 N–H and O–H groups in total. The molecule has 0 aromatic heterocycles. The van der Waals surface area contributed by atoms with Crippen LogP contribution in [-0.2, 0) is 4.79 Å². The quantitative estimate of drug-likeness (QED) is 0.831. The molecule has 0 fully saturated rings. The zero-order chi connectivity index (χ0) is 13.9.